The predicted molar refractivity (Wildman–Crippen MR) is 51.7 cm³/mol. The highest BCUT2D eigenvalue weighted by Gasteiger charge is 2.26. The van der Waals surface area contributed by atoms with Crippen LogP contribution in [-0.4, -0.2) is 35.3 Å². The minimum atomic E-state index is -4.44. The minimum Gasteiger partial charge on any atom is -0.404 e. The molecule has 4 N–H and O–H groups in total. The van der Waals surface area contributed by atoms with Gasteiger partial charge in [0, 0.05) is 7.05 Å². The van der Waals surface area contributed by atoms with E-state index in [1.54, 1.807) is 0 Å². The molecule has 0 radical (unpaired) electrons. The average molecular weight is 237 g/mol. The molecule has 0 aromatic carbocycles. The molecule has 0 aromatic rings. The second-order valence-electron chi connectivity index (χ2n) is 2.45. The molecule has 9 heteroatoms. The molecular weight excluding hydrogens is 225 g/mol. The number of nitrogens with one attached hydrogen (secondary N) is 1. The van der Waals surface area contributed by atoms with Crippen LogP contribution in [0.4, 0.5) is 0 Å². The van der Waals surface area contributed by atoms with Crippen LogP contribution in [0.1, 0.15) is 0 Å². The number of nitrogens with two attached hydrogens (primary N) is 1. The second kappa shape index (κ2) is 5.38. The molecule has 0 amide bonds. The lowest BCUT2D eigenvalue weighted by molar-refractivity contribution is -0.135. The van der Waals surface area contributed by atoms with Crippen LogP contribution in [0.25, 0.3) is 0 Å². The molecule has 0 fully saturated rings. The second-order valence-corrected chi connectivity index (χ2v) is 3.78. The van der Waals surface area contributed by atoms with Crippen LogP contribution in [0.2, 0.25) is 0 Å². The maximum atomic E-state index is 11.0. The Morgan fingerprint density at radius 1 is 1.80 bits per heavy atom. The summed E-state index contributed by atoms with van der Waals surface area (Å²) in [7, 11) is -3.09. The highest BCUT2D eigenvalue weighted by atomic mass is 31.2. The van der Waals surface area contributed by atoms with Gasteiger partial charge in [-0.05, 0) is 0 Å². The van der Waals surface area contributed by atoms with E-state index in [0.29, 0.717) is 6.26 Å². The van der Waals surface area contributed by atoms with Gasteiger partial charge in [-0.15, -0.1) is 0 Å². The summed E-state index contributed by atoms with van der Waals surface area (Å²) >= 11 is 0. The lowest BCUT2D eigenvalue weighted by atomic mass is 10.6. The molecule has 0 aliphatic heterocycles. The summed E-state index contributed by atoms with van der Waals surface area (Å²) in [6.45, 7) is 2.60. The van der Waals surface area contributed by atoms with Gasteiger partial charge >= 0.3 is 13.8 Å². The minimum absolute atomic E-state index is 0.371. The number of carbonyl (C=O) groups excluding carboxylic acids is 1. The van der Waals surface area contributed by atoms with Crippen molar-refractivity contribution in [3.8, 4) is 0 Å². The van der Waals surface area contributed by atoms with Crippen LogP contribution in [0.3, 0.4) is 0 Å². The van der Waals surface area contributed by atoms with Gasteiger partial charge in [-0.3, -0.25) is 10.3 Å². The van der Waals surface area contributed by atoms with Gasteiger partial charge in [0.2, 0.25) is 0 Å². The highest BCUT2D eigenvalue weighted by molar-refractivity contribution is 7.48. The van der Waals surface area contributed by atoms with E-state index in [9.17, 15) is 9.36 Å². The first-order chi connectivity index (χ1) is 6.78. The Kier molecular flexibility index (Phi) is 4.83. The van der Waals surface area contributed by atoms with E-state index in [0.717, 1.165) is 4.90 Å². The molecule has 0 spiro atoms. The summed E-state index contributed by atoms with van der Waals surface area (Å²) in [5, 5.41) is 6.92. The fourth-order valence-electron chi connectivity index (χ4n) is 0.552. The summed E-state index contributed by atoms with van der Waals surface area (Å²) in [6.07, 6.45) is 0.683. The van der Waals surface area contributed by atoms with Crippen LogP contribution < -0.4 is 5.73 Å². The standard InChI is InChI=1S/C6H12N3O5P/c1-3-13-15(11,12)14-5(10)4-9(2)6(7)8/h3H,1,4H2,2H3,(H3,7,8)(H,11,12). The molecule has 86 valence electrons. The maximum Gasteiger partial charge on any atom is 0.586 e. The van der Waals surface area contributed by atoms with Gasteiger partial charge in [0.1, 0.15) is 6.54 Å². The van der Waals surface area contributed by atoms with Crippen LogP contribution in [-0.2, 0) is 18.4 Å². The number of hydrogen-bond acceptors (Lipinski definition) is 5. The van der Waals surface area contributed by atoms with Crippen LogP contribution >= 0.6 is 7.82 Å². The number of guanidine groups is 1. The van der Waals surface area contributed by atoms with Gasteiger partial charge in [0.25, 0.3) is 0 Å². The molecule has 15 heavy (non-hydrogen) atoms. The van der Waals surface area contributed by atoms with Crippen molar-refractivity contribution in [1.29, 1.82) is 5.41 Å². The van der Waals surface area contributed by atoms with Crippen LogP contribution in [0.15, 0.2) is 12.8 Å². The van der Waals surface area contributed by atoms with Crippen molar-refractivity contribution >= 4 is 19.8 Å². The number of phosphoric acid groups is 1. The summed E-state index contributed by atoms with van der Waals surface area (Å²) in [5.74, 6) is -1.41. The largest absolute Gasteiger partial charge is 0.586 e. The fourth-order valence-corrected chi connectivity index (χ4v) is 1.10. The number of carbonyl (C=O) groups is 1. The first-order valence-corrected chi connectivity index (χ1v) is 5.17. The number of phosphoric ester groups is 1. The molecule has 0 rings (SSSR count). The van der Waals surface area contributed by atoms with Gasteiger partial charge in [-0.25, -0.2) is 9.36 Å². The first kappa shape index (κ1) is 13.5. The first-order valence-electron chi connectivity index (χ1n) is 3.68. The Morgan fingerprint density at radius 2 is 2.33 bits per heavy atom. The van der Waals surface area contributed by atoms with Crippen LogP contribution in [0.5, 0.6) is 0 Å². The molecule has 0 heterocycles. The third kappa shape index (κ3) is 5.71. The summed E-state index contributed by atoms with van der Waals surface area (Å²) < 4.78 is 19.0. The van der Waals surface area contributed by atoms with Crippen molar-refractivity contribution in [3.05, 3.63) is 12.8 Å². The number of nitrogens with zero attached hydrogens (tertiary/aromatic N) is 1. The van der Waals surface area contributed by atoms with E-state index in [1.165, 1.54) is 7.05 Å². The van der Waals surface area contributed by atoms with E-state index in [2.05, 4.69) is 15.6 Å². The van der Waals surface area contributed by atoms with Crippen molar-refractivity contribution in [1.82, 2.24) is 4.90 Å². The van der Waals surface area contributed by atoms with Gasteiger partial charge < -0.3 is 19.7 Å². The predicted octanol–water partition coefficient (Wildman–Crippen LogP) is -0.385. The van der Waals surface area contributed by atoms with E-state index < -0.39 is 20.3 Å². The highest BCUT2D eigenvalue weighted by Crippen LogP contribution is 2.43. The smallest absolute Gasteiger partial charge is 0.404 e. The van der Waals surface area contributed by atoms with Gasteiger partial charge in [0.05, 0.1) is 6.26 Å². The van der Waals surface area contributed by atoms with Crippen molar-refractivity contribution in [2.75, 3.05) is 13.6 Å². The summed E-state index contributed by atoms with van der Waals surface area (Å²) in [6, 6.07) is 0. The van der Waals surface area contributed by atoms with E-state index in [1.807, 2.05) is 0 Å². The van der Waals surface area contributed by atoms with Gasteiger partial charge in [0.15, 0.2) is 5.96 Å². The van der Waals surface area contributed by atoms with Crippen molar-refractivity contribution in [2.45, 2.75) is 0 Å². The van der Waals surface area contributed by atoms with Crippen molar-refractivity contribution in [2.24, 2.45) is 5.73 Å². The summed E-state index contributed by atoms with van der Waals surface area (Å²) in [5.41, 5.74) is 5.03. The van der Waals surface area contributed by atoms with E-state index in [-0.39, 0.29) is 5.96 Å². The molecule has 0 aliphatic rings. The lowest BCUT2D eigenvalue weighted by Gasteiger charge is -2.16. The van der Waals surface area contributed by atoms with Gasteiger partial charge in [-0.2, -0.15) is 0 Å². The molecule has 1 atom stereocenters. The van der Waals surface area contributed by atoms with E-state index in [4.69, 9.17) is 16.0 Å². The molecular formula is C6H12N3O5P. The van der Waals surface area contributed by atoms with Gasteiger partial charge in [-0.1, -0.05) is 6.58 Å². The van der Waals surface area contributed by atoms with Crippen molar-refractivity contribution in [3.63, 3.8) is 0 Å². The number of rotatable bonds is 5. The molecule has 0 aromatic heterocycles. The molecule has 0 saturated heterocycles. The Bertz CT molecular complexity index is 318. The fraction of sp³-hybridized carbons (Fsp3) is 0.333. The molecule has 0 aliphatic carbocycles. The average Bonchev–Trinajstić information content (AvgIpc) is 2.01. The summed E-state index contributed by atoms with van der Waals surface area (Å²) in [4.78, 5) is 20.9. The Hall–Kier alpha value is -1.53. The SMILES string of the molecule is C=COP(=O)(O)OC(=O)CN(C)C(=N)N. The lowest BCUT2D eigenvalue weighted by Crippen LogP contribution is -2.37. The molecule has 8 nitrogen and oxygen atoms in total. The number of likely N-dealkylation sites (N-methyl/N-ethyl adjacent to an activating group) is 1. The monoisotopic (exact) mass is 237 g/mol. The normalized spacial score (nSPS) is 13.5. The molecule has 0 bridgehead atoms. The number of hydrogen-bond donors (Lipinski definition) is 3. The van der Waals surface area contributed by atoms with E-state index >= 15 is 0 Å². The van der Waals surface area contributed by atoms with Crippen LogP contribution in [0, 0.1) is 5.41 Å². The maximum absolute atomic E-state index is 11.0. The third-order valence-electron chi connectivity index (χ3n) is 1.20. The Labute approximate surface area is 86.4 Å². The quantitative estimate of drug-likeness (QED) is 0.257. The zero-order valence-electron chi connectivity index (χ0n) is 8.04. The zero-order valence-corrected chi connectivity index (χ0v) is 8.94. The zero-order chi connectivity index (χ0) is 12.1. The van der Waals surface area contributed by atoms with Crippen molar-refractivity contribution < 1.29 is 23.3 Å². The Morgan fingerprint density at radius 3 is 2.73 bits per heavy atom. The topological polar surface area (TPSA) is 126 Å². The molecule has 0 saturated carbocycles. The third-order valence-corrected chi connectivity index (χ3v) is 2.05. The Balaban J connectivity index is 4.20. The molecule has 1 unspecified atom stereocenters.